The monoisotopic (exact) mass is 206 g/mol. The quantitative estimate of drug-likeness (QED) is 0.586. The van der Waals surface area contributed by atoms with E-state index in [1.54, 1.807) is 12.1 Å². The number of benzene rings is 1. The summed E-state index contributed by atoms with van der Waals surface area (Å²) in [5, 5.41) is 2.70. The third-order valence-electron chi connectivity index (χ3n) is 2.21. The van der Waals surface area contributed by atoms with Crippen LogP contribution in [0.4, 0.5) is 0 Å². The minimum atomic E-state index is -0.814. The van der Waals surface area contributed by atoms with Gasteiger partial charge in [-0.1, -0.05) is 29.4 Å². The molecule has 1 aromatic carbocycles. The van der Waals surface area contributed by atoms with Crippen molar-refractivity contribution in [2.24, 2.45) is 10.9 Å². The van der Waals surface area contributed by atoms with Gasteiger partial charge in [-0.25, -0.2) is 0 Å². The van der Waals surface area contributed by atoms with Crippen LogP contribution in [-0.2, 0) is 6.42 Å². The highest BCUT2D eigenvalue weighted by molar-refractivity contribution is 5.99. The minimum absolute atomic E-state index is 0.246. The summed E-state index contributed by atoms with van der Waals surface area (Å²) >= 11 is 0. The lowest BCUT2D eigenvalue weighted by Gasteiger charge is -2.03. The van der Waals surface area contributed by atoms with Gasteiger partial charge in [0.05, 0.1) is 0 Å². The standard InChI is InChI=1S/C11H14N2O2/c1-8(13-15)11(14)10-4-2-9(3-5-10)6-7-12/h2-5,8H,6-7,12H2,1H3. The van der Waals surface area contributed by atoms with Crippen LogP contribution in [0.5, 0.6) is 0 Å². The van der Waals surface area contributed by atoms with E-state index in [9.17, 15) is 9.70 Å². The first-order chi connectivity index (χ1) is 7.19. The van der Waals surface area contributed by atoms with Gasteiger partial charge in [0.1, 0.15) is 0 Å². The number of nitrogens with zero attached hydrogens (tertiary/aromatic N) is 1. The first-order valence-corrected chi connectivity index (χ1v) is 4.84. The van der Waals surface area contributed by atoms with E-state index in [4.69, 9.17) is 5.73 Å². The summed E-state index contributed by atoms with van der Waals surface area (Å²) in [6.45, 7) is 2.07. The molecule has 0 amide bonds. The van der Waals surface area contributed by atoms with Gasteiger partial charge in [0.25, 0.3) is 0 Å². The Kier molecular flexibility index (Phi) is 4.12. The zero-order valence-corrected chi connectivity index (χ0v) is 8.64. The normalized spacial score (nSPS) is 12.1. The van der Waals surface area contributed by atoms with Crippen molar-refractivity contribution in [2.45, 2.75) is 19.4 Å². The highest BCUT2D eigenvalue weighted by Crippen LogP contribution is 2.08. The zero-order chi connectivity index (χ0) is 11.3. The molecule has 0 aliphatic rings. The Hall–Kier alpha value is -1.55. The number of nitrogens with two attached hydrogens (primary N) is 1. The van der Waals surface area contributed by atoms with Gasteiger partial charge in [0.15, 0.2) is 11.8 Å². The lowest BCUT2D eigenvalue weighted by atomic mass is 10.0. The third kappa shape index (κ3) is 2.95. The number of carbonyl (C=O) groups excluding carboxylic acids is 1. The van der Waals surface area contributed by atoms with Crippen LogP contribution in [0.25, 0.3) is 0 Å². The van der Waals surface area contributed by atoms with Gasteiger partial charge in [-0.05, 0) is 25.5 Å². The lowest BCUT2D eigenvalue weighted by molar-refractivity contribution is 0.0968. The van der Waals surface area contributed by atoms with Crippen molar-refractivity contribution in [1.82, 2.24) is 0 Å². The predicted molar refractivity (Wildman–Crippen MR) is 58.8 cm³/mol. The Morgan fingerprint density at radius 3 is 2.47 bits per heavy atom. The molecule has 1 aromatic rings. The van der Waals surface area contributed by atoms with Gasteiger partial charge in [-0.2, -0.15) is 4.91 Å². The molecule has 1 rings (SSSR count). The maximum atomic E-state index is 11.5. The van der Waals surface area contributed by atoms with E-state index in [0.717, 1.165) is 12.0 Å². The Morgan fingerprint density at radius 1 is 1.40 bits per heavy atom. The second kappa shape index (κ2) is 5.36. The van der Waals surface area contributed by atoms with E-state index < -0.39 is 6.04 Å². The fraction of sp³-hybridized carbons (Fsp3) is 0.364. The fourth-order valence-electron chi connectivity index (χ4n) is 1.29. The number of carbonyl (C=O) groups is 1. The Labute approximate surface area is 88.5 Å². The second-order valence-electron chi connectivity index (χ2n) is 3.38. The summed E-state index contributed by atoms with van der Waals surface area (Å²) in [6, 6.07) is 6.28. The maximum Gasteiger partial charge on any atom is 0.190 e. The van der Waals surface area contributed by atoms with E-state index in [0.29, 0.717) is 12.1 Å². The topological polar surface area (TPSA) is 72.5 Å². The number of ketones is 1. The van der Waals surface area contributed by atoms with Crippen molar-refractivity contribution in [3.63, 3.8) is 0 Å². The van der Waals surface area contributed by atoms with E-state index in [1.807, 2.05) is 12.1 Å². The van der Waals surface area contributed by atoms with Gasteiger partial charge in [0.2, 0.25) is 0 Å². The molecule has 0 aromatic heterocycles. The Bertz CT molecular complexity index is 346. The predicted octanol–water partition coefficient (Wildman–Crippen LogP) is 1.53. The number of hydrogen-bond donors (Lipinski definition) is 1. The molecule has 80 valence electrons. The van der Waals surface area contributed by atoms with Crippen molar-refractivity contribution in [2.75, 3.05) is 6.54 Å². The summed E-state index contributed by atoms with van der Waals surface area (Å²) < 4.78 is 0. The fourth-order valence-corrected chi connectivity index (χ4v) is 1.29. The molecule has 0 spiro atoms. The van der Waals surface area contributed by atoms with Crippen LogP contribution in [0.1, 0.15) is 22.8 Å². The molecule has 0 heterocycles. The van der Waals surface area contributed by atoms with Crippen molar-refractivity contribution in [3.05, 3.63) is 40.3 Å². The molecule has 1 unspecified atom stereocenters. The summed E-state index contributed by atoms with van der Waals surface area (Å²) in [7, 11) is 0. The molecule has 4 heteroatoms. The van der Waals surface area contributed by atoms with Gasteiger partial charge < -0.3 is 5.73 Å². The molecule has 1 atom stereocenters. The van der Waals surface area contributed by atoms with Crippen LogP contribution < -0.4 is 5.73 Å². The van der Waals surface area contributed by atoms with Gasteiger partial charge in [-0.3, -0.25) is 4.79 Å². The zero-order valence-electron chi connectivity index (χ0n) is 8.64. The average molecular weight is 206 g/mol. The molecular weight excluding hydrogens is 192 g/mol. The van der Waals surface area contributed by atoms with Crippen molar-refractivity contribution in [1.29, 1.82) is 0 Å². The third-order valence-corrected chi connectivity index (χ3v) is 2.21. The number of hydrogen-bond acceptors (Lipinski definition) is 4. The molecule has 0 saturated carbocycles. The van der Waals surface area contributed by atoms with Crippen molar-refractivity contribution in [3.8, 4) is 0 Å². The molecule has 0 aliphatic carbocycles. The van der Waals surface area contributed by atoms with Crippen LogP contribution >= 0.6 is 0 Å². The Morgan fingerprint density at radius 2 is 2.00 bits per heavy atom. The highest BCUT2D eigenvalue weighted by Gasteiger charge is 2.14. The van der Waals surface area contributed by atoms with E-state index in [1.165, 1.54) is 6.92 Å². The second-order valence-corrected chi connectivity index (χ2v) is 3.38. The lowest BCUT2D eigenvalue weighted by Crippen LogP contribution is -2.14. The van der Waals surface area contributed by atoms with Gasteiger partial charge in [0, 0.05) is 5.56 Å². The van der Waals surface area contributed by atoms with E-state index in [-0.39, 0.29) is 5.78 Å². The molecule has 0 saturated heterocycles. The SMILES string of the molecule is CC(N=O)C(=O)c1ccc(CCN)cc1. The number of rotatable bonds is 5. The van der Waals surface area contributed by atoms with E-state index >= 15 is 0 Å². The van der Waals surface area contributed by atoms with Gasteiger partial charge >= 0.3 is 0 Å². The number of Topliss-reactive ketones (excluding diaryl/α,β-unsaturated/α-hetero) is 1. The van der Waals surface area contributed by atoms with Crippen LogP contribution in [0.15, 0.2) is 29.4 Å². The summed E-state index contributed by atoms with van der Waals surface area (Å²) in [5.74, 6) is -0.246. The summed E-state index contributed by atoms with van der Waals surface area (Å²) in [6.07, 6.45) is 0.788. The summed E-state index contributed by atoms with van der Waals surface area (Å²) in [4.78, 5) is 21.7. The van der Waals surface area contributed by atoms with Crippen molar-refractivity contribution >= 4 is 5.78 Å². The molecule has 2 N–H and O–H groups in total. The first kappa shape index (κ1) is 11.5. The van der Waals surface area contributed by atoms with Crippen LogP contribution in [0.3, 0.4) is 0 Å². The largest absolute Gasteiger partial charge is 0.330 e. The molecule has 0 fully saturated rings. The molecule has 4 nitrogen and oxygen atoms in total. The van der Waals surface area contributed by atoms with E-state index in [2.05, 4.69) is 5.18 Å². The van der Waals surface area contributed by atoms with Crippen LogP contribution in [-0.4, -0.2) is 18.4 Å². The van der Waals surface area contributed by atoms with Crippen LogP contribution in [0.2, 0.25) is 0 Å². The maximum absolute atomic E-state index is 11.5. The molecule has 15 heavy (non-hydrogen) atoms. The smallest absolute Gasteiger partial charge is 0.190 e. The number of nitroso groups, excluding NO2 is 1. The molecule has 0 aliphatic heterocycles. The minimum Gasteiger partial charge on any atom is -0.330 e. The van der Waals surface area contributed by atoms with Crippen LogP contribution in [0, 0.1) is 4.91 Å². The molecular formula is C11H14N2O2. The first-order valence-electron chi connectivity index (χ1n) is 4.84. The summed E-state index contributed by atoms with van der Waals surface area (Å²) in [5.41, 5.74) is 7.01. The average Bonchev–Trinajstić information content (AvgIpc) is 2.28. The Balaban J connectivity index is 2.79. The van der Waals surface area contributed by atoms with Crippen molar-refractivity contribution < 1.29 is 4.79 Å². The molecule has 0 radical (unpaired) electrons. The molecule has 0 bridgehead atoms. The highest BCUT2D eigenvalue weighted by atomic mass is 16.3. The van der Waals surface area contributed by atoms with Gasteiger partial charge in [-0.15, -0.1) is 0 Å².